The first kappa shape index (κ1) is 15.2. The zero-order valence-corrected chi connectivity index (χ0v) is 13.9. The minimum Gasteiger partial charge on any atom is -0.454 e. The molecule has 0 atom stereocenters. The summed E-state index contributed by atoms with van der Waals surface area (Å²) in [5.41, 5.74) is 1.34. The van der Waals surface area contributed by atoms with Gasteiger partial charge in [0.05, 0.1) is 0 Å². The number of ether oxygens (including phenoxy) is 2. The van der Waals surface area contributed by atoms with E-state index in [1.165, 1.54) is 11.3 Å². The van der Waals surface area contributed by atoms with Crippen molar-refractivity contribution in [2.24, 2.45) is 0 Å². The van der Waals surface area contributed by atoms with Gasteiger partial charge < -0.3 is 25.0 Å². The Bertz CT molecular complexity index is 741. The van der Waals surface area contributed by atoms with E-state index in [2.05, 4.69) is 15.6 Å². The smallest absolute Gasteiger partial charge is 0.273 e. The van der Waals surface area contributed by atoms with Gasteiger partial charge in [-0.15, -0.1) is 11.3 Å². The maximum absolute atomic E-state index is 12.5. The summed E-state index contributed by atoms with van der Waals surface area (Å²) < 4.78 is 10.7. The highest BCUT2D eigenvalue weighted by Gasteiger charge is 2.20. The molecular weight excluding hydrogens is 328 g/mol. The van der Waals surface area contributed by atoms with Gasteiger partial charge >= 0.3 is 0 Å². The molecule has 2 N–H and O–H groups in total. The molecule has 0 radical (unpaired) electrons. The molecule has 2 aliphatic rings. The largest absolute Gasteiger partial charge is 0.454 e. The van der Waals surface area contributed by atoms with Crippen molar-refractivity contribution in [1.82, 2.24) is 15.2 Å². The van der Waals surface area contributed by atoms with Crippen molar-refractivity contribution in [3.8, 4) is 11.5 Å². The fourth-order valence-electron chi connectivity index (χ4n) is 2.74. The van der Waals surface area contributed by atoms with Crippen molar-refractivity contribution < 1.29 is 14.3 Å². The SMILES string of the molecule is O=C(c1csc(Nc2ccc3c(c2)OCO3)n1)N1CCCNCC1. The second kappa shape index (κ2) is 6.66. The number of hydrogen-bond donors (Lipinski definition) is 2. The van der Waals surface area contributed by atoms with E-state index in [1.54, 1.807) is 5.38 Å². The lowest BCUT2D eigenvalue weighted by atomic mass is 10.3. The molecule has 8 heteroatoms. The van der Waals surface area contributed by atoms with Crippen LogP contribution in [0.5, 0.6) is 11.5 Å². The zero-order valence-electron chi connectivity index (χ0n) is 13.1. The maximum atomic E-state index is 12.5. The van der Waals surface area contributed by atoms with Gasteiger partial charge in [0.25, 0.3) is 5.91 Å². The van der Waals surface area contributed by atoms with Crippen LogP contribution in [0.2, 0.25) is 0 Å². The van der Waals surface area contributed by atoms with Crippen LogP contribution in [-0.2, 0) is 0 Å². The van der Waals surface area contributed by atoms with Gasteiger partial charge in [-0.25, -0.2) is 4.98 Å². The Kier molecular flexibility index (Phi) is 4.22. The highest BCUT2D eigenvalue weighted by molar-refractivity contribution is 7.14. The number of fused-ring (bicyclic) bond motifs is 1. The average molecular weight is 346 g/mol. The molecule has 3 heterocycles. The molecule has 1 amide bonds. The van der Waals surface area contributed by atoms with Gasteiger partial charge in [-0.2, -0.15) is 0 Å². The van der Waals surface area contributed by atoms with Crippen LogP contribution in [0.4, 0.5) is 10.8 Å². The van der Waals surface area contributed by atoms with E-state index in [4.69, 9.17) is 9.47 Å². The van der Waals surface area contributed by atoms with Crippen molar-refractivity contribution in [2.75, 3.05) is 38.3 Å². The lowest BCUT2D eigenvalue weighted by Crippen LogP contribution is -2.34. The normalized spacial score (nSPS) is 16.8. The Morgan fingerprint density at radius 3 is 3.12 bits per heavy atom. The number of carbonyl (C=O) groups is 1. The minimum absolute atomic E-state index is 0.00585. The monoisotopic (exact) mass is 346 g/mol. The molecular formula is C16H18N4O3S. The number of thiazole rings is 1. The molecule has 0 aliphatic carbocycles. The summed E-state index contributed by atoms with van der Waals surface area (Å²) >= 11 is 1.42. The van der Waals surface area contributed by atoms with Crippen LogP contribution in [0.1, 0.15) is 16.9 Å². The highest BCUT2D eigenvalue weighted by atomic mass is 32.1. The molecule has 24 heavy (non-hydrogen) atoms. The Morgan fingerprint density at radius 1 is 1.25 bits per heavy atom. The average Bonchev–Trinajstić information content (AvgIpc) is 3.16. The highest BCUT2D eigenvalue weighted by Crippen LogP contribution is 2.35. The molecule has 4 rings (SSSR count). The fourth-order valence-corrected chi connectivity index (χ4v) is 3.44. The first-order valence-corrected chi connectivity index (χ1v) is 8.80. The maximum Gasteiger partial charge on any atom is 0.273 e. The second-order valence-electron chi connectivity index (χ2n) is 5.63. The Hall–Kier alpha value is -2.32. The number of aromatic nitrogens is 1. The van der Waals surface area contributed by atoms with Gasteiger partial charge in [0, 0.05) is 36.8 Å². The Morgan fingerprint density at radius 2 is 2.17 bits per heavy atom. The van der Waals surface area contributed by atoms with Crippen molar-refractivity contribution >= 4 is 28.1 Å². The van der Waals surface area contributed by atoms with Crippen LogP contribution in [0.3, 0.4) is 0 Å². The van der Waals surface area contributed by atoms with Crippen LogP contribution in [0, 0.1) is 0 Å². The molecule has 1 fully saturated rings. The molecule has 0 unspecified atom stereocenters. The topological polar surface area (TPSA) is 75.7 Å². The van der Waals surface area contributed by atoms with Crippen molar-refractivity contribution in [2.45, 2.75) is 6.42 Å². The van der Waals surface area contributed by atoms with Crippen molar-refractivity contribution in [1.29, 1.82) is 0 Å². The number of amides is 1. The predicted molar refractivity (Wildman–Crippen MR) is 91.4 cm³/mol. The molecule has 0 saturated carbocycles. The third kappa shape index (κ3) is 3.15. The van der Waals surface area contributed by atoms with E-state index in [0.29, 0.717) is 16.6 Å². The molecule has 126 valence electrons. The van der Waals surface area contributed by atoms with Crippen LogP contribution in [-0.4, -0.2) is 48.8 Å². The van der Waals surface area contributed by atoms with Gasteiger partial charge in [-0.1, -0.05) is 0 Å². The molecule has 2 aromatic rings. The van der Waals surface area contributed by atoms with E-state index in [-0.39, 0.29) is 12.7 Å². The zero-order chi connectivity index (χ0) is 16.4. The molecule has 1 aromatic carbocycles. The van der Waals surface area contributed by atoms with Gasteiger partial charge in [-0.3, -0.25) is 4.79 Å². The third-order valence-electron chi connectivity index (χ3n) is 3.97. The van der Waals surface area contributed by atoms with Crippen molar-refractivity contribution in [3.63, 3.8) is 0 Å². The van der Waals surface area contributed by atoms with Gasteiger partial charge in [0.1, 0.15) is 5.69 Å². The summed E-state index contributed by atoms with van der Waals surface area (Å²) in [4.78, 5) is 18.8. The fraction of sp³-hybridized carbons (Fsp3) is 0.375. The van der Waals surface area contributed by atoms with E-state index in [0.717, 1.165) is 44.0 Å². The summed E-state index contributed by atoms with van der Waals surface area (Å²) in [5.74, 6) is 1.45. The molecule has 1 aromatic heterocycles. The van der Waals surface area contributed by atoms with E-state index in [1.807, 2.05) is 23.1 Å². The summed E-state index contributed by atoms with van der Waals surface area (Å²) in [6.45, 7) is 3.53. The van der Waals surface area contributed by atoms with Crippen LogP contribution >= 0.6 is 11.3 Å². The lowest BCUT2D eigenvalue weighted by Gasteiger charge is -2.18. The summed E-state index contributed by atoms with van der Waals surface area (Å²) in [5, 5.41) is 9.00. The number of benzene rings is 1. The lowest BCUT2D eigenvalue weighted by molar-refractivity contribution is 0.0761. The summed E-state index contributed by atoms with van der Waals surface area (Å²) in [6, 6.07) is 5.62. The quantitative estimate of drug-likeness (QED) is 0.886. The molecule has 2 aliphatic heterocycles. The van der Waals surface area contributed by atoms with E-state index >= 15 is 0 Å². The summed E-state index contributed by atoms with van der Waals surface area (Å²) in [7, 11) is 0. The predicted octanol–water partition coefficient (Wildman–Crippen LogP) is 2.05. The van der Waals surface area contributed by atoms with Gasteiger partial charge in [0.15, 0.2) is 16.6 Å². The standard InChI is InChI=1S/C16H18N4O3S/c21-15(20-6-1-4-17-5-7-20)12-9-24-16(19-12)18-11-2-3-13-14(8-11)23-10-22-13/h2-3,8-9,17H,1,4-7,10H2,(H,18,19). The first-order valence-electron chi connectivity index (χ1n) is 7.92. The second-order valence-corrected chi connectivity index (χ2v) is 6.48. The van der Waals surface area contributed by atoms with Crippen LogP contribution in [0.25, 0.3) is 0 Å². The van der Waals surface area contributed by atoms with E-state index < -0.39 is 0 Å². The number of rotatable bonds is 3. The third-order valence-corrected chi connectivity index (χ3v) is 4.73. The van der Waals surface area contributed by atoms with E-state index in [9.17, 15) is 4.79 Å². The number of carbonyl (C=O) groups excluding carboxylic acids is 1. The molecule has 7 nitrogen and oxygen atoms in total. The summed E-state index contributed by atoms with van der Waals surface area (Å²) in [6.07, 6.45) is 0.970. The number of nitrogens with one attached hydrogen (secondary N) is 2. The number of nitrogens with zero attached hydrogens (tertiary/aromatic N) is 2. The first-order chi connectivity index (χ1) is 11.8. The Balaban J connectivity index is 1.45. The van der Waals surface area contributed by atoms with Gasteiger partial charge in [0.2, 0.25) is 6.79 Å². The molecule has 0 bridgehead atoms. The van der Waals surface area contributed by atoms with Gasteiger partial charge in [-0.05, 0) is 25.1 Å². The Labute approximate surface area is 143 Å². The van der Waals surface area contributed by atoms with Crippen LogP contribution < -0.4 is 20.1 Å². The van der Waals surface area contributed by atoms with Crippen molar-refractivity contribution in [3.05, 3.63) is 29.3 Å². The number of hydrogen-bond acceptors (Lipinski definition) is 7. The number of anilines is 2. The minimum atomic E-state index is -0.00585. The van der Waals surface area contributed by atoms with Crippen LogP contribution in [0.15, 0.2) is 23.6 Å². The molecule has 0 spiro atoms. The molecule has 1 saturated heterocycles.